The third kappa shape index (κ3) is 3.29. The van der Waals surface area contributed by atoms with Crippen LogP contribution in [0, 0.1) is 0 Å². The van der Waals surface area contributed by atoms with Gasteiger partial charge in [-0.15, -0.1) is 5.10 Å². The third-order valence-corrected chi connectivity index (χ3v) is 3.26. The van der Waals surface area contributed by atoms with E-state index in [2.05, 4.69) is 35.8 Å². The molecule has 3 rings (SSSR count). The molecule has 25 heavy (non-hydrogen) atoms. The second-order valence-corrected chi connectivity index (χ2v) is 4.92. The molecule has 0 unspecified atom stereocenters. The Labute approximate surface area is 141 Å². The Hall–Kier alpha value is -3.76. The van der Waals surface area contributed by atoms with E-state index in [-0.39, 0.29) is 23.1 Å². The zero-order valence-electron chi connectivity index (χ0n) is 13.1. The van der Waals surface area contributed by atoms with Crippen LogP contribution in [0.4, 0.5) is 5.82 Å². The summed E-state index contributed by atoms with van der Waals surface area (Å²) >= 11 is 0. The van der Waals surface area contributed by atoms with Crippen molar-refractivity contribution >= 4 is 17.9 Å². The van der Waals surface area contributed by atoms with Gasteiger partial charge in [-0.3, -0.25) is 4.79 Å². The summed E-state index contributed by atoms with van der Waals surface area (Å²) < 4.78 is 5.83. The van der Waals surface area contributed by atoms with Crippen LogP contribution in [0.2, 0.25) is 0 Å². The molecular weight excluding hydrogens is 328 g/mol. The van der Waals surface area contributed by atoms with Crippen LogP contribution in [0.1, 0.15) is 28.7 Å². The number of hydrogen-bond acceptors (Lipinski definition) is 9. The maximum atomic E-state index is 12.3. The van der Waals surface area contributed by atoms with E-state index in [4.69, 9.17) is 5.73 Å². The largest absolute Gasteiger partial charge is 0.508 e. The molecule has 11 nitrogen and oxygen atoms in total. The first-order valence-corrected chi connectivity index (χ1v) is 7.25. The van der Waals surface area contributed by atoms with Gasteiger partial charge in [0.2, 0.25) is 11.6 Å². The molecule has 1 aromatic carbocycles. The summed E-state index contributed by atoms with van der Waals surface area (Å²) in [6.45, 7) is 1.83. The van der Waals surface area contributed by atoms with Crippen molar-refractivity contribution in [3.8, 4) is 11.6 Å². The van der Waals surface area contributed by atoms with E-state index in [1.165, 1.54) is 23.0 Å². The number of hydrogen-bond donors (Lipinski definition) is 3. The first kappa shape index (κ1) is 16.1. The van der Waals surface area contributed by atoms with Gasteiger partial charge in [-0.05, 0) is 34.4 Å². The van der Waals surface area contributed by atoms with Crippen molar-refractivity contribution in [2.75, 3.05) is 5.73 Å². The van der Waals surface area contributed by atoms with Crippen molar-refractivity contribution in [2.45, 2.75) is 13.3 Å². The van der Waals surface area contributed by atoms with Crippen LogP contribution in [0.3, 0.4) is 0 Å². The highest BCUT2D eigenvalue weighted by atomic mass is 16.6. The first-order chi connectivity index (χ1) is 12.1. The smallest absolute Gasteiger partial charge is 0.293 e. The molecule has 0 aliphatic rings. The Morgan fingerprint density at radius 3 is 3.00 bits per heavy atom. The molecule has 2 aromatic heterocycles. The summed E-state index contributed by atoms with van der Waals surface area (Å²) in [5.41, 5.74) is 9.18. The number of nitrogens with zero attached hydrogens (tertiary/aromatic N) is 6. The minimum atomic E-state index is -0.547. The average molecular weight is 342 g/mol. The highest BCUT2D eigenvalue weighted by Gasteiger charge is 2.22. The van der Waals surface area contributed by atoms with Crippen molar-refractivity contribution in [2.24, 2.45) is 5.10 Å². The molecular formula is C14H14N8O3. The zero-order valence-corrected chi connectivity index (χ0v) is 13.1. The predicted molar refractivity (Wildman–Crippen MR) is 86.2 cm³/mol. The van der Waals surface area contributed by atoms with Gasteiger partial charge in [0.15, 0.2) is 5.69 Å². The lowest BCUT2D eigenvalue weighted by Crippen LogP contribution is -2.20. The van der Waals surface area contributed by atoms with Crippen LogP contribution >= 0.6 is 0 Å². The quantitative estimate of drug-likeness (QED) is 0.440. The lowest BCUT2D eigenvalue weighted by atomic mass is 10.2. The molecule has 0 atom stereocenters. The van der Waals surface area contributed by atoms with Gasteiger partial charge in [0.1, 0.15) is 5.75 Å². The Bertz CT molecular complexity index is 930. The van der Waals surface area contributed by atoms with E-state index in [9.17, 15) is 9.90 Å². The molecule has 0 saturated heterocycles. The minimum absolute atomic E-state index is 0.0356. The maximum Gasteiger partial charge on any atom is 0.293 e. The van der Waals surface area contributed by atoms with Gasteiger partial charge in [0, 0.05) is 0 Å². The summed E-state index contributed by atoms with van der Waals surface area (Å²) in [6.07, 6.45) is 1.84. The normalized spacial score (nSPS) is 11.1. The number of aromatic nitrogens is 5. The van der Waals surface area contributed by atoms with Gasteiger partial charge in [0.05, 0.1) is 11.9 Å². The molecule has 3 aromatic rings. The zero-order chi connectivity index (χ0) is 17.8. The van der Waals surface area contributed by atoms with Gasteiger partial charge in [0.25, 0.3) is 5.91 Å². The second-order valence-electron chi connectivity index (χ2n) is 4.92. The first-order valence-electron chi connectivity index (χ1n) is 7.25. The molecule has 4 N–H and O–H groups in total. The number of anilines is 1. The molecule has 0 fully saturated rings. The van der Waals surface area contributed by atoms with Crippen LogP contribution in [0.15, 0.2) is 34.0 Å². The number of amides is 1. The van der Waals surface area contributed by atoms with Gasteiger partial charge in [-0.25, -0.2) is 10.1 Å². The lowest BCUT2D eigenvalue weighted by molar-refractivity contribution is 0.0949. The van der Waals surface area contributed by atoms with Crippen LogP contribution in [0.5, 0.6) is 5.75 Å². The van der Waals surface area contributed by atoms with E-state index in [1.54, 1.807) is 12.1 Å². The summed E-state index contributed by atoms with van der Waals surface area (Å²) in [4.78, 5) is 12.3. The number of phenols is 1. The Kier molecular flexibility index (Phi) is 4.37. The lowest BCUT2D eigenvalue weighted by Gasteiger charge is -2.02. The number of benzene rings is 1. The Balaban J connectivity index is 1.79. The second kappa shape index (κ2) is 6.78. The van der Waals surface area contributed by atoms with Crippen molar-refractivity contribution in [1.82, 2.24) is 30.7 Å². The number of nitrogens with two attached hydrogens (primary N) is 1. The van der Waals surface area contributed by atoms with E-state index in [1.807, 2.05) is 6.92 Å². The summed E-state index contributed by atoms with van der Waals surface area (Å²) in [5.74, 6) is -0.250. The van der Waals surface area contributed by atoms with E-state index in [0.29, 0.717) is 17.7 Å². The Morgan fingerprint density at radius 1 is 1.48 bits per heavy atom. The predicted octanol–water partition coefficient (Wildman–Crippen LogP) is 0.264. The van der Waals surface area contributed by atoms with Crippen molar-refractivity contribution in [1.29, 1.82) is 0 Å². The van der Waals surface area contributed by atoms with E-state index >= 15 is 0 Å². The highest BCUT2D eigenvalue weighted by molar-refractivity contribution is 5.94. The van der Waals surface area contributed by atoms with Crippen LogP contribution in [0.25, 0.3) is 5.82 Å². The highest BCUT2D eigenvalue weighted by Crippen LogP contribution is 2.16. The topological polar surface area (TPSA) is 157 Å². The van der Waals surface area contributed by atoms with Crippen LogP contribution in [-0.2, 0) is 6.42 Å². The number of rotatable bonds is 5. The fourth-order valence-corrected chi connectivity index (χ4v) is 2.13. The van der Waals surface area contributed by atoms with Crippen LogP contribution < -0.4 is 11.2 Å². The minimum Gasteiger partial charge on any atom is -0.508 e. The number of hydrazone groups is 1. The van der Waals surface area contributed by atoms with Crippen molar-refractivity contribution < 1.29 is 14.5 Å². The standard InChI is InChI=1S/C14H14N8O3/c1-2-10-11(17-21-22(10)13-12(15)19-25-20-13)14(24)18-16-7-8-4-3-5-9(23)6-8/h3-7,23H,2H2,1H3,(H2,15,19)(H,18,24)/b16-7-. The summed E-state index contributed by atoms with van der Waals surface area (Å²) in [7, 11) is 0. The fraction of sp³-hybridized carbons (Fsp3) is 0.143. The number of nitrogen functional groups attached to an aromatic ring is 1. The maximum absolute atomic E-state index is 12.3. The molecule has 0 aliphatic heterocycles. The van der Waals surface area contributed by atoms with Crippen LogP contribution in [-0.4, -0.2) is 42.5 Å². The number of aromatic hydroxyl groups is 1. The third-order valence-electron chi connectivity index (χ3n) is 3.26. The molecule has 0 spiro atoms. The van der Waals surface area contributed by atoms with Crippen molar-refractivity contribution in [3.05, 3.63) is 41.2 Å². The molecule has 1 amide bonds. The molecule has 128 valence electrons. The molecule has 11 heteroatoms. The molecule has 0 saturated carbocycles. The summed E-state index contributed by atoms with van der Waals surface area (Å²) in [6, 6.07) is 6.43. The fourth-order valence-electron chi connectivity index (χ4n) is 2.13. The Morgan fingerprint density at radius 2 is 2.32 bits per heavy atom. The molecule has 0 aliphatic carbocycles. The number of carbonyl (C=O) groups is 1. The number of phenolic OH excluding ortho intramolecular Hbond substituents is 1. The van der Waals surface area contributed by atoms with Gasteiger partial charge < -0.3 is 10.8 Å². The monoisotopic (exact) mass is 342 g/mol. The molecule has 2 heterocycles. The molecule has 0 radical (unpaired) electrons. The van der Waals surface area contributed by atoms with Gasteiger partial charge >= 0.3 is 0 Å². The molecule has 0 bridgehead atoms. The SMILES string of the molecule is CCc1c(C(=O)N/N=C\c2cccc(O)c2)nnn1-c1nonc1N. The van der Waals surface area contributed by atoms with Gasteiger partial charge in [-0.1, -0.05) is 24.3 Å². The average Bonchev–Trinajstić information content (AvgIpc) is 3.20. The van der Waals surface area contributed by atoms with Crippen molar-refractivity contribution in [3.63, 3.8) is 0 Å². The van der Waals surface area contributed by atoms with Gasteiger partial charge in [-0.2, -0.15) is 9.78 Å². The number of nitrogens with one attached hydrogen (secondary N) is 1. The number of carbonyl (C=O) groups excluding carboxylic acids is 1. The van der Waals surface area contributed by atoms with E-state index < -0.39 is 5.91 Å². The summed E-state index contributed by atoms with van der Waals surface area (Å²) in [5, 5.41) is 28.1. The van der Waals surface area contributed by atoms with E-state index in [0.717, 1.165) is 0 Å².